The van der Waals surface area contributed by atoms with Crippen LogP contribution in [0.1, 0.15) is 70.1 Å². The van der Waals surface area contributed by atoms with E-state index in [1.54, 1.807) is 31.4 Å². The summed E-state index contributed by atoms with van der Waals surface area (Å²) in [5.74, 6) is -0.267. The van der Waals surface area contributed by atoms with Crippen molar-refractivity contribution in [3.63, 3.8) is 0 Å². The number of phenolic OH excluding ortho intramolecular Hbond substituents is 1. The highest BCUT2D eigenvalue weighted by atomic mass is 19.1. The Morgan fingerprint density at radius 2 is 1.60 bits per heavy atom. The van der Waals surface area contributed by atoms with E-state index in [1.165, 1.54) is 11.0 Å². The Balaban J connectivity index is 0.811. The second-order valence-electron chi connectivity index (χ2n) is 16.2. The molecule has 58 heavy (non-hydrogen) atoms. The van der Waals surface area contributed by atoms with Gasteiger partial charge in [0, 0.05) is 87.8 Å². The smallest absolute Gasteiger partial charge is 0.255 e. The van der Waals surface area contributed by atoms with Crippen LogP contribution in [0.25, 0.3) is 0 Å². The van der Waals surface area contributed by atoms with Crippen LogP contribution in [-0.4, -0.2) is 98.2 Å². The van der Waals surface area contributed by atoms with Crippen LogP contribution >= 0.6 is 0 Å². The number of aromatic hydroxyl groups is 1. The van der Waals surface area contributed by atoms with Crippen molar-refractivity contribution in [2.45, 2.75) is 50.1 Å². The highest BCUT2D eigenvalue weighted by Gasteiger charge is 2.40. The highest BCUT2D eigenvalue weighted by Crippen LogP contribution is 2.48. The molecule has 0 bridgehead atoms. The first-order chi connectivity index (χ1) is 28.1. The number of piperidine rings is 2. The van der Waals surface area contributed by atoms with Crippen LogP contribution in [0, 0.1) is 17.6 Å². The van der Waals surface area contributed by atoms with Crippen molar-refractivity contribution in [3.8, 4) is 17.2 Å². The van der Waals surface area contributed by atoms with Crippen molar-refractivity contribution < 1.29 is 37.7 Å². The fourth-order valence-electron chi connectivity index (χ4n) is 9.65. The topological polar surface area (TPSA) is 115 Å². The predicted octanol–water partition coefficient (Wildman–Crippen LogP) is 5.79. The normalized spacial score (nSPS) is 22.7. The number of nitrogens with zero attached hydrogens (tertiary/aromatic N) is 4. The third-order valence-electron chi connectivity index (χ3n) is 12.8. The summed E-state index contributed by atoms with van der Waals surface area (Å²) in [6, 6.07) is 20.9. The van der Waals surface area contributed by atoms with Crippen LogP contribution in [-0.2, 0) is 16.1 Å². The number of carbonyl (C=O) groups is 3. The van der Waals surface area contributed by atoms with E-state index in [1.807, 2.05) is 47.4 Å². The van der Waals surface area contributed by atoms with Gasteiger partial charge < -0.3 is 29.3 Å². The molecule has 4 aromatic rings. The number of benzene rings is 4. The maximum atomic E-state index is 16.2. The zero-order valence-corrected chi connectivity index (χ0v) is 32.5. The Hall–Kier alpha value is -5.69. The van der Waals surface area contributed by atoms with Gasteiger partial charge in [0.1, 0.15) is 34.9 Å². The summed E-state index contributed by atoms with van der Waals surface area (Å²) in [4.78, 5) is 45.3. The third-order valence-corrected chi connectivity index (χ3v) is 12.8. The van der Waals surface area contributed by atoms with E-state index in [2.05, 4.69) is 15.1 Å². The van der Waals surface area contributed by atoms with Crippen LogP contribution in [0.3, 0.4) is 0 Å². The number of rotatable bonds is 8. The molecule has 302 valence electrons. The summed E-state index contributed by atoms with van der Waals surface area (Å²) >= 11 is 0. The summed E-state index contributed by atoms with van der Waals surface area (Å²) in [5, 5.41) is 12.5. The SMILES string of the molecule is COc1cccc([C@H]2COc3cc(O)ccc3[C@H]2c2ccc(N3CCC(CN4CCN(c5cc6c(cc5F)C(=O)N(C5CCC(=O)NC5=O)C6)CC4)CC3)c(F)c2)c1. The Kier molecular flexibility index (Phi) is 10.2. The van der Waals surface area contributed by atoms with E-state index in [0.29, 0.717) is 48.3 Å². The van der Waals surface area contributed by atoms with Crippen molar-refractivity contribution in [1.29, 1.82) is 0 Å². The first-order valence-electron chi connectivity index (χ1n) is 20.2. The lowest BCUT2D eigenvalue weighted by molar-refractivity contribution is -0.136. The van der Waals surface area contributed by atoms with Crippen LogP contribution in [0.5, 0.6) is 17.2 Å². The number of hydrogen-bond donors (Lipinski definition) is 2. The number of methoxy groups -OCH3 is 1. The van der Waals surface area contributed by atoms with E-state index >= 15 is 8.78 Å². The van der Waals surface area contributed by atoms with Crippen LogP contribution in [0.2, 0.25) is 0 Å². The van der Waals surface area contributed by atoms with Gasteiger partial charge in [-0.1, -0.05) is 24.3 Å². The first-order valence-corrected chi connectivity index (χ1v) is 20.2. The lowest BCUT2D eigenvalue weighted by Gasteiger charge is -2.40. The minimum absolute atomic E-state index is 0.0917. The van der Waals surface area contributed by atoms with E-state index in [0.717, 1.165) is 68.0 Å². The summed E-state index contributed by atoms with van der Waals surface area (Å²) in [7, 11) is 1.64. The van der Waals surface area contributed by atoms with E-state index in [-0.39, 0.29) is 60.2 Å². The number of halogens is 2. The number of carbonyl (C=O) groups excluding carboxylic acids is 3. The molecule has 1 unspecified atom stereocenters. The maximum Gasteiger partial charge on any atom is 0.255 e. The Bertz CT molecular complexity index is 2250. The number of fused-ring (bicyclic) bond motifs is 2. The summed E-state index contributed by atoms with van der Waals surface area (Å²) in [6.07, 6.45) is 2.30. The van der Waals surface area contributed by atoms with E-state index < -0.39 is 17.8 Å². The van der Waals surface area contributed by atoms with E-state index in [4.69, 9.17) is 9.47 Å². The van der Waals surface area contributed by atoms with Gasteiger partial charge in [-0.2, -0.15) is 0 Å². The van der Waals surface area contributed by atoms with Gasteiger partial charge in [-0.15, -0.1) is 0 Å². The van der Waals surface area contributed by atoms with Crippen LogP contribution in [0.15, 0.2) is 72.8 Å². The van der Waals surface area contributed by atoms with Gasteiger partial charge >= 0.3 is 0 Å². The minimum Gasteiger partial charge on any atom is -0.508 e. The molecule has 2 N–H and O–H groups in total. The molecule has 0 spiro atoms. The lowest BCUT2D eigenvalue weighted by Crippen LogP contribution is -2.52. The molecule has 0 saturated carbocycles. The largest absolute Gasteiger partial charge is 0.508 e. The highest BCUT2D eigenvalue weighted by molar-refractivity contribution is 6.05. The van der Waals surface area contributed by atoms with Gasteiger partial charge in [-0.05, 0) is 84.3 Å². The van der Waals surface area contributed by atoms with Crippen LogP contribution in [0.4, 0.5) is 20.2 Å². The minimum atomic E-state index is -0.739. The molecule has 3 saturated heterocycles. The van der Waals surface area contributed by atoms with Gasteiger partial charge in [0.15, 0.2) is 0 Å². The molecule has 4 aromatic carbocycles. The number of hydrogen-bond acceptors (Lipinski definition) is 9. The molecule has 13 heteroatoms. The number of amides is 3. The van der Waals surface area contributed by atoms with Crippen molar-refractivity contribution >= 4 is 29.1 Å². The third kappa shape index (κ3) is 7.20. The standard InChI is InChI=1S/C45H47F2N5O6/c1-57-32-4-2-3-28(19-32)35-26-58-41-22-31(53)6-7-33(41)43(35)29-5-8-38(36(46)20-29)50-13-11-27(12-14-50)24-49-15-17-51(18-16-49)40-21-30-25-52(45(56)34(30)23-37(40)47)39-9-10-42(54)48-44(39)55/h2-8,19-23,27,35,39,43,53H,9-18,24-26H2,1H3,(H,48,54,55)/t35-,39?,43-/m1/s1. The molecule has 5 aliphatic heterocycles. The fraction of sp³-hybridized carbons (Fsp3) is 0.400. The Morgan fingerprint density at radius 1 is 0.828 bits per heavy atom. The van der Waals surface area contributed by atoms with Gasteiger partial charge in [0.2, 0.25) is 11.8 Å². The average Bonchev–Trinajstić information content (AvgIpc) is 3.54. The summed E-state index contributed by atoms with van der Waals surface area (Å²) < 4.78 is 43.3. The first kappa shape index (κ1) is 37.9. The monoisotopic (exact) mass is 791 g/mol. The quantitative estimate of drug-likeness (QED) is 0.214. The van der Waals surface area contributed by atoms with Crippen molar-refractivity contribution in [2.24, 2.45) is 5.92 Å². The number of nitrogens with one attached hydrogen (secondary N) is 1. The second-order valence-corrected chi connectivity index (χ2v) is 16.2. The average molecular weight is 792 g/mol. The molecule has 0 aliphatic carbocycles. The molecule has 3 fully saturated rings. The zero-order valence-electron chi connectivity index (χ0n) is 32.5. The number of imide groups is 1. The molecular weight excluding hydrogens is 745 g/mol. The second kappa shape index (κ2) is 15.6. The molecule has 0 aromatic heterocycles. The summed E-state index contributed by atoms with van der Waals surface area (Å²) in [6.45, 7) is 5.86. The van der Waals surface area contributed by atoms with Gasteiger partial charge in [0.25, 0.3) is 5.91 Å². The molecule has 11 nitrogen and oxygen atoms in total. The number of piperazine rings is 1. The molecule has 3 atom stereocenters. The zero-order chi connectivity index (χ0) is 40.1. The molecular formula is C45H47F2N5O6. The summed E-state index contributed by atoms with van der Waals surface area (Å²) in [5.41, 5.74) is 4.82. The van der Waals surface area contributed by atoms with E-state index in [9.17, 15) is 19.5 Å². The molecule has 9 rings (SSSR count). The van der Waals surface area contributed by atoms with Gasteiger partial charge in [-0.3, -0.25) is 24.6 Å². The number of ether oxygens (including phenoxy) is 2. The van der Waals surface area contributed by atoms with Crippen LogP contribution < -0.4 is 24.6 Å². The Labute approximate surface area is 336 Å². The van der Waals surface area contributed by atoms with Gasteiger partial charge in [-0.25, -0.2) is 8.78 Å². The van der Waals surface area contributed by atoms with Crippen molar-refractivity contribution in [2.75, 3.05) is 69.3 Å². The maximum absolute atomic E-state index is 16.2. The predicted molar refractivity (Wildman–Crippen MR) is 214 cm³/mol. The molecule has 5 aliphatic rings. The lowest BCUT2D eigenvalue weighted by atomic mass is 9.75. The van der Waals surface area contributed by atoms with Crippen molar-refractivity contribution in [3.05, 3.63) is 112 Å². The number of phenols is 1. The number of anilines is 2. The van der Waals surface area contributed by atoms with Crippen molar-refractivity contribution in [1.82, 2.24) is 15.1 Å². The Morgan fingerprint density at radius 3 is 2.36 bits per heavy atom. The molecule has 0 radical (unpaired) electrons. The van der Waals surface area contributed by atoms with Gasteiger partial charge in [0.05, 0.1) is 25.1 Å². The molecule has 5 heterocycles. The molecule has 3 amide bonds. The fourth-order valence-corrected chi connectivity index (χ4v) is 9.65.